The smallest absolute Gasteiger partial charge is 0.254 e. The topological polar surface area (TPSA) is 55.6 Å². The van der Waals surface area contributed by atoms with Gasteiger partial charge in [-0.05, 0) is 50.4 Å². The van der Waals surface area contributed by atoms with Gasteiger partial charge in [-0.15, -0.1) is 12.4 Å². The van der Waals surface area contributed by atoms with E-state index in [1.54, 1.807) is 0 Å². The highest BCUT2D eigenvalue weighted by Crippen LogP contribution is 2.22. The third kappa shape index (κ3) is 4.95. The average molecular weight is 392 g/mol. The van der Waals surface area contributed by atoms with Crippen molar-refractivity contribution in [3.05, 3.63) is 33.8 Å². The highest BCUT2D eigenvalue weighted by Gasteiger charge is 2.25. The Hall–Kier alpha value is -0.620. The van der Waals surface area contributed by atoms with Crippen LogP contribution < -0.4 is 5.73 Å². The van der Waals surface area contributed by atoms with Crippen LogP contribution in [0.15, 0.2) is 22.7 Å². The Labute approximate surface area is 146 Å². The summed E-state index contributed by atoms with van der Waals surface area (Å²) in [6.07, 6.45) is 2.98. The van der Waals surface area contributed by atoms with Gasteiger partial charge in [-0.25, -0.2) is 0 Å². The molecule has 6 heteroatoms. The number of rotatable bonds is 5. The Morgan fingerprint density at radius 1 is 1.41 bits per heavy atom. The molecule has 1 aromatic rings. The van der Waals surface area contributed by atoms with Gasteiger partial charge in [0.2, 0.25) is 0 Å². The molecule has 0 aliphatic carbocycles. The third-order valence-corrected chi connectivity index (χ3v) is 4.79. The fourth-order valence-electron chi connectivity index (χ4n) is 2.57. The lowest BCUT2D eigenvalue weighted by atomic mass is 10.0. The van der Waals surface area contributed by atoms with E-state index < -0.39 is 0 Å². The Morgan fingerprint density at radius 2 is 2.09 bits per heavy atom. The second kappa shape index (κ2) is 9.50. The summed E-state index contributed by atoms with van der Waals surface area (Å²) in [6, 6.07) is 5.77. The van der Waals surface area contributed by atoms with Crippen molar-refractivity contribution >= 4 is 34.2 Å². The Morgan fingerprint density at radius 3 is 2.73 bits per heavy atom. The normalized spacial score (nSPS) is 15.5. The molecule has 2 rings (SSSR count). The second-order valence-electron chi connectivity index (χ2n) is 5.42. The van der Waals surface area contributed by atoms with Gasteiger partial charge < -0.3 is 15.4 Å². The summed E-state index contributed by atoms with van der Waals surface area (Å²) >= 11 is 3.48. The van der Waals surface area contributed by atoms with Gasteiger partial charge in [-0.2, -0.15) is 0 Å². The van der Waals surface area contributed by atoms with Crippen LogP contribution in [-0.4, -0.2) is 43.2 Å². The number of benzene rings is 1. The monoisotopic (exact) mass is 390 g/mol. The molecule has 1 amide bonds. The lowest BCUT2D eigenvalue weighted by Gasteiger charge is -2.32. The molecule has 1 heterocycles. The van der Waals surface area contributed by atoms with Crippen molar-refractivity contribution in [3.8, 4) is 0 Å². The quantitative estimate of drug-likeness (QED) is 0.785. The molecule has 1 fully saturated rings. The number of ether oxygens (including phenoxy) is 1. The zero-order valence-corrected chi connectivity index (χ0v) is 15.3. The van der Waals surface area contributed by atoms with Crippen LogP contribution in [0.25, 0.3) is 0 Å². The van der Waals surface area contributed by atoms with Gasteiger partial charge in [0.05, 0.1) is 6.10 Å². The number of likely N-dealkylation sites (tertiary alicyclic amines) is 1. The van der Waals surface area contributed by atoms with Crippen molar-refractivity contribution in [2.24, 2.45) is 5.73 Å². The molecule has 0 radical (unpaired) electrons. The zero-order valence-electron chi connectivity index (χ0n) is 12.9. The van der Waals surface area contributed by atoms with Gasteiger partial charge in [0, 0.05) is 29.7 Å². The molecule has 1 saturated heterocycles. The number of hydrogen-bond donors (Lipinski definition) is 1. The first kappa shape index (κ1) is 19.4. The number of hydrogen-bond acceptors (Lipinski definition) is 3. The highest BCUT2D eigenvalue weighted by molar-refractivity contribution is 9.10. The maximum Gasteiger partial charge on any atom is 0.254 e. The summed E-state index contributed by atoms with van der Waals surface area (Å²) in [4.78, 5) is 14.5. The van der Waals surface area contributed by atoms with E-state index in [0.29, 0.717) is 6.54 Å². The van der Waals surface area contributed by atoms with Crippen molar-refractivity contribution in [2.45, 2.75) is 32.3 Å². The summed E-state index contributed by atoms with van der Waals surface area (Å²) in [5.74, 6) is 0.120. The predicted molar refractivity (Wildman–Crippen MR) is 94.7 cm³/mol. The van der Waals surface area contributed by atoms with E-state index in [2.05, 4.69) is 15.9 Å². The molecule has 1 aliphatic rings. The van der Waals surface area contributed by atoms with Crippen LogP contribution in [0, 0.1) is 6.92 Å². The van der Waals surface area contributed by atoms with Gasteiger partial charge in [0.25, 0.3) is 5.91 Å². The molecule has 124 valence electrons. The number of carbonyl (C=O) groups is 1. The minimum atomic E-state index is 0. The molecule has 1 aliphatic heterocycles. The van der Waals surface area contributed by atoms with Crippen LogP contribution in [0.4, 0.5) is 0 Å². The van der Waals surface area contributed by atoms with E-state index in [9.17, 15) is 4.79 Å². The predicted octanol–water partition coefficient (Wildman–Crippen LogP) is 3.15. The van der Waals surface area contributed by atoms with Gasteiger partial charge in [0.1, 0.15) is 0 Å². The Balaban J connectivity index is 0.00000242. The number of halogens is 2. The third-order valence-electron chi connectivity index (χ3n) is 3.93. The first-order valence-electron chi connectivity index (χ1n) is 7.49. The zero-order chi connectivity index (χ0) is 15.2. The van der Waals surface area contributed by atoms with Crippen LogP contribution in [0.2, 0.25) is 0 Å². The molecule has 0 atom stereocenters. The molecule has 0 aromatic heterocycles. The molecule has 0 unspecified atom stereocenters. The van der Waals surface area contributed by atoms with Crippen LogP contribution in [0.3, 0.4) is 0 Å². The average Bonchev–Trinajstić information content (AvgIpc) is 2.50. The van der Waals surface area contributed by atoms with E-state index in [1.807, 2.05) is 30.0 Å². The van der Waals surface area contributed by atoms with Crippen LogP contribution in [-0.2, 0) is 4.74 Å². The molecule has 1 aromatic carbocycles. The Kier molecular flexibility index (Phi) is 8.39. The summed E-state index contributed by atoms with van der Waals surface area (Å²) in [5.41, 5.74) is 7.25. The maximum absolute atomic E-state index is 12.6. The van der Waals surface area contributed by atoms with Crippen molar-refractivity contribution in [3.63, 3.8) is 0 Å². The number of amides is 1. The van der Waals surface area contributed by atoms with Crippen molar-refractivity contribution in [1.29, 1.82) is 0 Å². The lowest BCUT2D eigenvalue weighted by Crippen LogP contribution is -2.41. The van der Waals surface area contributed by atoms with Gasteiger partial charge in [0.15, 0.2) is 0 Å². The molecule has 0 bridgehead atoms. The molecular formula is C16H24BrClN2O2. The highest BCUT2D eigenvalue weighted by atomic mass is 79.9. The van der Waals surface area contributed by atoms with Crippen molar-refractivity contribution in [1.82, 2.24) is 4.90 Å². The van der Waals surface area contributed by atoms with Crippen LogP contribution in [0.5, 0.6) is 0 Å². The van der Waals surface area contributed by atoms with Crippen molar-refractivity contribution < 1.29 is 9.53 Å². The molecule has 0 spiro atoms. The number of nitrogens with two attached hydrogens (primary N) is 1. The lowest BCUT2D eigenvalue weighted by molar-refractivity contribution is 0.00843. The fourth-order valence-corrected chi connectivity index (χ4v) is 2.93. The molecule has 4 nitrogen and oxygen atoms in total. The van der Waals surface area contributed by atoms with E-state index in [-0.39, 0.29) is 24.4 Å². The first-order chi connectivity index (χ1) is 10.1. The fraction of sp³-hybridized carbons (Fsp3) is 0.562. The van der Waals surface area contributed by atoms with Crippen LogP contribution in [0.1, 0.15) is 35.2 Å². The maximum atomic E-state index is 12.6. The van der Waals surface area contributed by atoms with E-state index in [1.165, 1.54) is 0 Å². The Bertz CT molecular complexity index is 491. The van der Waals surface area contributed by atoms with E-state index >= 15 is 0 Å². The number of carbonyl (C=O) groups excluding carboxylic acids is 1. The minimum absolute atomic E-state index is 0. The summed E-state index contributed by atoms with van der Waals surface area (Å²) in [7, 11) is 0. The molecular weight excluding hydrogens is 368 g/mol. The first-order valence-corrected chi connectivity index (χ1v) is 8.29. The largest absolute Gasteiger partial charge is 0.378 e. The SMILES string of the molecule is Cc1c(Br)cccc1C(=O)N1CCC(OCCCN)CC1.Cl. The number of nitrogens with zero attached hydrogens (tertiary/aromatic N) is 1. The van der Waals surface area contributed by atoms with Gasteiger partial charge in [-0.1, -0.05) is 22.0 Å². The summed E-state index contributed by atoms with van der Waals surface area (Å²) in [6.45, 7) is 4.88. The van der Waals surface area contributed by atoms with Crippen LogP contribution >= 0.6 is 28.3 Å². The van der Waals surface area contributed by atoms with E-state index in [0.717, 1.165) is 54.6 Å². The summed E-state index contributed by atoms with van der Waals surface area (Å²) in [5, 5.41) is 0. The number of piperidine rings is 1. The second-order valence-corrected chi connectivity index (χ2v) is 6.27. The van der Waals surface area contributed by atoms with Gasteiger partial charge in [-0.3, -0.25) is 4.79 Å². The summed E-state index contributed by atoms with van der Waals surface area (Å²) < 4.78 is 6.75. The standard InChI is InChI=1S/C16H23BrN2O2.ClH/c1-12-14(4-2-5-15(12)17)16(20)19-9-6-13(7-10-19)21-11-3-8-18;/h2,4-5,13H,3,6-11,18H2,1H3;1H. The van der Waals surface area contributed by atoms with E-state index in [4.69, 9.17) is 10.5 Å². The van der Waals surface area contributed by atoms with Crippen molar-refractivity contribution in [2.75, 3.05) is 26.2 Å². The minimum Gasteiger partial charge on any atom is -0.378 e. The molecule has 2 N–H and O–H groups in total. The van der Waals surface area contributed by atoms with Gasteiger partial charge >= 0.3 is 0 Å². The molecule has 0 saturated carbocycles. The molecule has 22 heavy (non-hydrogen) atoms.